The van der Waals surface area contributed by atoms with Crippen LogP contribution in [0.3, 0.4) is 0 Å². The lowest BCUT2D eigenvalue weighted by Gasteiger charge is -2.19. The number of nitrogens with one attached hydrogen (secondary N) is 1. The molecule has 0 aliphatic heterocycles. The first-order chi connectivity index (χ1) is 9.52. The molecule has 5 nitrogen and oxygen atoms in total. The molecule has 110 valence electrons. The maximum atomic E-state index is 5.77. The monoisotopic (exact) mass is 421 g/mol. The van der Waals surface area contributed by atoms with E-state index >= 15 is 0 Å². The molecule has 0 saturated carbocycles. The SMILES string of the molecule is CN(C)CCn1ncc(Br)c1C(NN)c1csc(Br)c1. The van der Waals surface area contributed by atoms with Crippen molar-refractivity contribution in [3.8, 4) is 0 Å². The van der Waals surface area contributed by atoms with E-state index in [1.165, 1.54) is 0 Å². The van der Waals surface area contributed by atoms with Crippen LogP contribution in [0.15, 0.2) is 25.9 Å². The van der Waals surface area contributed by atoms with Crippen molar-refractivity contribution in [2.24, 2.45) is 5.84 Å². The second kappa shape index (κ2) is 7.15. The fourth-order valence-electron chi connectivity index (χ4n) is 1.94. The minimum Gasteiger partial charge on any atom is -0.308 e. The van der Waals surface area contributed by atoms with E-state index in [1.807, 2.05) is 25.0 Å². The van der Waals surface area contributed by atoms with Crippen molar-refractivity contribution in [2.45, 2.75) is 12.6 Å². The van der Waals surface area contributed by atoms with Crippen molar-refractivity contribution in [1.29, 1.82) is 0 Å². The van der Waals surface area contributed by atoms with Gasteiger partial charge in [0.1, 0.15) is 0 Å². The van der Waals surface area contributed by atoms with E-state index in [4.69, 9.17) is 5.84 Å². The number of rotatable bonds is 6. The summed E-state index contributed by atoms with van der Waals surface area (Å²) in [5, 5.41) is 6.52. The topological polar surface area (TPSA) is 59.1 Å². The van der Waals surface area contributed by atoms with Gasteiger partial charge in [0.15, 0.2) is 0 Å². The second-order valence-electron chi connectivity index (χ2n) is 4.69. The number of hydrogen-bond acceptors (Lipinski definition) is 5. The highest BCUT2D eigenvalue weighted by Gasteiger charge is 2.21. The van der Waals surface area contributed by atoms with Gasteiger partial charge in [-0.15, -0.1) is 11.3 Å². The third-order valence-electron chi connectivity index (χ3n) is 2.95. The van der Waals surface area contributed by atoms with Crippen LogP contribution in [0.1, 0.15) is 17.3 Å². The predicted octanol–water partition coefficient (Wildman–Crippen LogP) is 2.58. The highest BCUT2D eigenvalue weighted by Crippen LogP contribution is 2.32. The minimum atomic E-state index is -0.0865. The Balaban J connectivity index is 2.31. The van der Waals surface area contributed by atoms with Crippen molar-refractivity contribution >= 4 is 43.2 Å². The van der Waals surface area contributed by atoms with Gasteiger partial charge in [-0.2, -0.15) is 5.10 Å². The zero-order chi connectivity index (χ0) is 14.7. The average Bonchev–Trinajstić information content (AvgIpc) is 2.97. The fourth-order valence-corrected chi connectivity index (χ4v) is 3.67. The molecule has 2 heterocycles. The Labute approximate surface area is 139 Å². The molecule has 0 fully saturated rings. The van der Waals surface area contributed by atoms with Crippen molar-refractivity contribution < 1.29 is 0 Å². The van der Waals surface area contributed by atoms with Crippen molar-refractivity contribution in [3.05, 3.63) is 37.2 Å². The first-order valence-electron chi connectivity index (χ1n) is 6.09. The minimum absolute atomic E-state index is 0.0865. The summed E-state index contributed by atoms with van der Waals surface area (Å²) in [6.45, 7) is 1.74. The van der Waals surface area contributed by atoms with Crippen molar-refractivity contribution in [1.82, 2.24) is 20.1 Å². The number of nitrogens with two attached hydrogens (primary N) is 1. The van der Waals surface area contributed by atoms with Gasteiger partial charge in [0.2, 0.25) is 0 Å². The lowest BCUT2D eigenvalue weighted by molar-refractivity contribution is 0.365. The van der Waals surface area contributed by atoms with E-state index in [9.17, 15) is 0 Å². The van der Waals surface area contributed by atoms with Gasteiger partial charge in [-0.05, 0) is 63.0 Å². The van der Waals surface area contributed by atoms with Crippen molar-refractivity contribution in [2.75, 3.05) is 20.6 Å². The molecule has 0 amide bonds. The van der Waals surface area contributed by atoms with E-state index in [1.54, 1.807) is 11.3 Å². The molecular weight excluding hydrogens is 406 g/mol. The molecule has 2 aromatic rings. The van der Waals surface area contributed by atoms with E-state index in [-0.39, 0.29) is 6.04 Å². The molecule has 2 rings (SSSR count). The van der Waals surface area contributed by atoms with Gasteiger partial charge < -0.3 is 4.90 Å². The van der Waals surface area contributed by atoms with E-state index < -0.39 is 0 Å². The Morgan fingerprint density at radius 3 is 2.80 bits per heavy atom. The Morgan fingerprint density at radius 1 is 1.50 bits per heavy atom. The summed E-state index contributed by atoms with van der Waals surface area (Å²) in [5.74, 6) is 5.77. The second-order valence-corrected chi connectivity index (χ2v) is 7.83. The Morgan fingerprint density at radius 2 is 2.25 bits per heavy atom. The smallest absolute Gasteiger partial charge is 0.0898 e. The zero-order valence-corrected chi connectivity index (χ0v) is 15.3. The molecule has 0 aliphatic carbocycles. The van der Waals surface area contributed by atoms with E-state index in [0.717, 1.165) is 32.6 Å². The van der Waals surface area contributed by atoms with Crippen LogP contribution in [0.25, 0.3) is 0 Å². The summed E-state index contributed by atoms with van der Waals surface area (Å²) in [6.07, 6.45) is 1.82. The van der Waals surface area contributed by atoms with Gasteiger partial charge in [0.05, 0.1) is 32.7 Å². The standard InChI is InChI=1S/C12H17Br2N5S/c1-18(2)3-4-19-12(9(13)6-16-19)11(17-15)8-5-10(14)20-7-8/h5-7,11,17H,3-4,15H2,1-2H3. The lowest BCUT2D eigenvalue weighted by Crippen LogP contribution is -2.31. The molecule has 8 heteroatoms. The van der Waals surface area contributed by atoms with Crippen molar-refractivity contribution in [3.63, 3.8) is 0 Å². The van der Waals surface area contributed by atoms with Crippen LogP contribution in [0, 0.1) is 0 Å². The Bertz CT molecular complexity index is 566. The van der Waals surface area contributed by atoms with Gasteiger partial charge in [0.25, 0.3) is 0 Å². The molecule has 0 bridgehead atoms. The maximum Gasteiger partial charge on any atom is 0.0898 e. The number of nitrogens with zero attached hydrogens (tertiary/aromatic N) is 3. The number of hydrogen-bond donors (Lipinski definition) is 2. The largest absolute Gasteiger partial charge is 0.308 e. The quantitative estimate of drug-likeness (QED) is 0.554. The fraction of sp³-hybridized carbons (Fsp3) is 0.417. The molecular formula is C12H17Br2N5S. The number of aromatic nitrogens is 2. The van der Waals surface area contributed by atoms with Crippen LogP contribution >= 0.6 is 43.2 Å². The van der Waals surface area contributed by atoms with Crippen LogP contribution in [0.5, 0.6) is 0 Å². The summed E-state index contributed by atoms with van der Waals surface area (Å²) >= 11 is 8.70. The van der Waals surface area contributed by atoms with Gasteiger partial charge in [-0.3, -0.25) is 10.5 Å². The third kappa shape index (κ3) is 3.69. The highest BCUT2D eigenvalue weighted by atomic mass is 79.9. The van der Waals surface area contributed by atoms with Crippen LogP contribution in [0.4, 0.5) is 0 Å². The molecule has 2 aromatic heterocycles. The maximum absolute atomic E-state index is 5.77. The predicted molar refractivity (Wildman–Crippen MR) is 89.7 cm³/mol. The summed E-state index contributed by atoms with van der Waals surface area (Å²) in [7, 11) is 4.10. The Kier molecular flexibility index (Phi) is 5.76. The zero-order valence-electron chi connectivity index (χ0n) is 11.3. The molecule has 1 unspecified atom stereocenters. The lowest BCUT2D eigenvalue weighted by atomic mass is 10.1. The van der Waals surface area contributed by atoms with Gasteiger partial charge in [-0.25, -0.2) is 5.43 Å². The molecule has 20 heavy (non-hydrogen) atoms. The number of thiophene rings is 1. The van der Waals surface area contributed by atoms with Crippen LogP contribution < -0.4 is 11.3 Å². The number of hydrazine groups is 1. The molecule has 0 spiro atoms. The van der Waals surface area contributed by atoms with Gasteiger partial charge >= 0.3 is 0 Å². The van der Waals surface area contributed by atoms with Gasteiger partial charge in [0, 0.05) is 6.54 Å². The first-order valence-corrected chi connectivity index (χ1v) is 8.55. The van der Waals surface area contributed by atoms with Gasteiger partial charge in [-0.1, -0.05) is 0 Å². The van der Waals surface area contributed by atoms with Crippen LogP contribution in [0.2, 0.25) is 0 Å². The summed E-state index contributed by atoms with van der Waals surface area (Å²) in [6, 6.07) is 1.99. The molecule has 0 aliphatic rings. The van der Waals surface area contributed by atoms with Crippen LogP contribution in [-0.2, 0) is 6.54 Å². The molecule has 0 saturated heterocycles. The summed E-state index contributed by atoms with van der Waals surface area (Å²) in [5.41, 5.74) is 5.05. The van der Waals surface area contributed by atoms with Crippen LogP contribution in [-0.4, -0.2) is 35.3 Å². The molecule has 0 aromatic carbocycles. The molecule has 3 N–H and O–H groups in total. The normalized spacial score (nSPS) is 13.1. The van der Waals surface area contributed by atoms with E-state index in [0.29, 0.717) is 0 Å². The molecule has 1 atom stereocenters. The Hall–Kier alpha value is -0.250. The first kappa shape index (κ1) is 16.1. The third-order valence-corrected chi connectivity index (χ3v) is 5.09. The number of halogens is 2. The van der Waals surface area contributed by atoms with E-state index in [2.05, 4.69) is 58.7 Å². The summed E-state index contributed by atoms with van der Waals surface area (Å²) < 4.78 is 4.03. The average molecular weight is 423 g/mol. The summed E-state index contributed by atoms with van der Waals surface area (Å²) in [4.78, 5) is 2.13. The number of likely N-dealkylation sites (N-methyl/N-ethyl adjacent to an activating group) is 1. The highest BCUT2D eigenvalue weighted by molar-refractivity contribution is 9.11. The molecule has 0 radical (unpaired) electrons.